The van der Waals surface area contributed by atoms with Crippen LogP contribution in [0.15, 0.2) is 54.9 Å². The molecule has 0 bridgehead atoms. The molecule has 0 saturated carbocycles. The van der Waals surface area contributed by atoms with E-state index in [0.29, 0.717) is 13.1 Å². The molecule has 1 unspecified atom stereocenters. The minimum absolute atomic E-state index is 0.240. The van der Waals surface area contributed by atoms with Crippen LogP contribution in [0.25, 0.3) is 21.8 Å². The molecule has 1 aliphatic carbocycles. The monoisotopic (exact) mass is 518 g/mol. The summed E-state index contributed by atoms with van der Waals surface area (Å²) in [7, 11) is -3.13. The highest BCUT2D eigenvalue weighted by Gasteiger charge is 2.29. The molecule has 1 fully saturated rings. The summed E-state index contributed by atoms with van der Waals surface area (Å²) in [6, 6.07) is 15.0. The fourth-order valence-corrected chi connectivity index (χ4v) is 6.81. The zero-order chi connectivity index (χ0) is 25.4. The predicted molar refractivity (Wildman–Crippen MR) is 147 cm³/mol. The number of aromatic amines is 1. The summed E-state index contributed by atoms with van der Waals surface area (Å²) < 4.78 is 25.5. The molecule has 8 nitrogen and oxygen atoms in total. The highest BCUT2D eigenvalue weighted by molar-refractivity contribution is 7.88. The zero-order valence-corrected chi connectivity index (χ0v) is 22.1. The van der Waals surface area contributed by atoms with Crippen LogP contribution < -0.4 is 0 Å². The third-order valence-corrected chi connectivity index (χ3v) is 9.27. The number of pyridine rings is 2. The maximum atomic E-state index is 11.9. The van der Waals surface area contributed by atoms with Crippen LogP contribution in [0.1, 0.15) is 35.8 Å². The molecule has 1 atom stereocenters. The Kier molecular flexibility index (Phi) is 6.71. The molecule has 37 heavy (non-hydrogen) atoms. The first kappa shape index (κ1) is 24.5. The molecule has 1 N–H and O–H groups in total. The van der Waals surface area contributed by atoms with Crippen molar-refractivity contribution in [1.29, 1.82) is 0 Å². The summed E-state index contributed by atoms with van der Waals surface area (Å²) in [5, 5.41) is 2.43. The van der Waals surface area contributed by atoms with Crippen LogP contribution in [0.5, 0.6) is 0 Å². The molecule has 2 aliphatic rings. The largest absolute Gasteiger partial charge is 0.353 e. The molecule has 0 amide bonds. The molecule has 0 radical (unpaired) electrons. The summed E-state index contributed by atoms with van der Waals surface area (Å²) >= 11 is 0. The number of rotatable bonds is 7. The maximum Gasteiger partial charge on any atom is 0.211 e. The van der Waals surface area contributed by atoms with Gasteiger partial charge in [0, 0.05) is 74.5 Å². The Labute approximate surface area is 218 Å². The zero-order valence-electron chi connectivity index (χ0n) is 21.3. The van der Waals surface area contributed by atoms with E-state index in [-0.39, 0.29) is 6.04 Å². The van der Waals surface area contributed by atoms with Crippen LogP contribution in [0, 0.1) is 0 Å². The fraction of sp³-hybridized carbons (Fsp3) is 0.429. The second-order valence-corrected chi connectivity index (χ2v) is 12.3. The van der Waals surface area contributed by atoms with Crippen molar-refractivity contribution < 1.29 is 8.42 Å². The van der Waals surface area contributed by atoms with Crippen molar-refractivity contribution >= 4 is 31.8 Å². The van der Waals surface area contributed by atoms with Crippen molar-refractivity contribution in [3.63, 3.8) is 0 Å². The number of aryl methyl sites for hydroxylation is 1. The number of hydrogen-bond acceptors (Lipinski definition) is 6. The quantitative estimate of drug-likeness (QED) is 0.403. The Balaban J connectivity index is 1.28. The average molecular weight is 519 g/mol. The lowest BCUT2D eigenvalue weighted by Gasteiger charge is -2.38. The molecule has 1 saturated heterocycles. The van der Waals surface area contributed by atoms with Gasteiger partial charge in [-0.15, -0.1) is 0 Å². The summed E-state index contributed by atoms with van der Waals surface area (Å²) in [6.07, 6.45) is 8.45. The van der Waals surface area contributed by atoms with Crippen molar-refractivity contribution in [2.45, 2.75) is 31.8 Å². The molecular weight excluding hydrogens is 484 g/mol. The number of benzene rings is 1. The molecule has 6 rings (SSSR count). The van der Waals surface area contributed by atoms with Crippen molar-refractivity contribution in [1.82, 2.24) is 29.1 Å². The van der Waals surface area contributed by atoms with Crippen LogP contribution in [0.3, 0.4) is 0 Å². The Bertz CT molecular complexity index is 1510. The Morgan fingerprint density at radius 1 is 1.00 bits per heavy atom. The van der Waals surface area contributed by atoms with Gasteiger partial charge in [-0.1, -0.05) is 24.3 Å². The van der Waals surface area contributed by atoms with Gasteiger partial charge in [0.1, 0.15) is 0 Å². The lowest BCUT2D eigenvalue weighted by molar-refractivity contribution is 0.120. The normalized spacial score (nSPS) is 19.6. The summed E-state index contributed by atoms with van der Waals surface area (Å²) in [4.78, 5) is 18.2. The first-order chi connectivity index (χ1) is 18.0. The average Bonchev–Trinajstić information content (AvgIpc) is 3.30. The van der Waals surface area contributed by atoms with E-state index in [2.05, 4.69) is 51.2 Å². The molecule has 1 aromatic carbocycles. The van der Waals surface area contributed by atoms with E-state index >= 15 is 0 Å². The van der Waals surface area contributed by atoms with Crippen LogP contribution in [0.2, 0.25) is 0 Å². The highest BCUT2D eigenvalue weighted by atomic mass is 32.2. The summed E-state index contributed by atoms with van der Waals surface area (Å²) in [6.45, 7) is 5.13. The Morgan fingerprint density at radius 2 is 1.84 bits per heavy atom. The van der Waals surface area contributed by atoms with E-state index in [1.54, 1.807) is 4.31 Å². The van der Waals surface area contributed by atoms with Gasteiger partial charge in [0.15, 0.2) is 0 Å². The molecule has 4 aromatic rings. The van der Waals surface area contributed by atoms with Crippen LogP contribution in [-0.4, -0.2) is 83.0 Å². The first-order valence-electron chi connectivity index (χ1n) is 13.2. The van der Waals surface area contributed by atoms with Crippen LogP contribution in [-0.2, 0) is 23.0 Å². The van der Waals surface area contributed by atoms with Crippen molar-refractivity contribution in [2.24, 2.45) is 0 Å². The van der Waals surface area contributed by atoms with Gasteiger partial charge in [-0.05, 0) is 43.0 Å². The highest BCUT2D eigenvalue weighted by Crippen LogP contribution is 2.35. The Hall–Kier alpha value is -2.85. The lowest BCUT2D eigenvalue weighted by Crippen LogP contribution is -2.50. The number of hydrogen-bond donors (Lipinski definition) is 1. The molecule has 1 aliphatic heterocycles. The molecule has 4 heterocycles. The molecule has 194 valence electrons. The number of sulfonamides is 1. The van der Waals surface area contributed by atoms with E-state index in [4.69, 9.17) is 9.97 Å². The van der Waals surface area contributed by atoms with E-state index in [1.165, 1.54) is 28.3 Å². The second-order valence-electron chi connectivity index (χ2n) is 10.3. The van der Waals surface area contributed by atoms with Gasteiger partial charge in [-0.2, -0.15) is 4.31 Å². The third-order valence-electron chi connectivity index (χ3n) is 7.97. The SMILES string of the molecule is CS(=O)(=O)N1CCN(CCN(Cc2nccc3c2[nH]c2ccccc23)C2CCCc3cccnc32)CC1. The van der Waals surface area contributed by atoms with Crippen LogP contribution in [0.4, 0.5) is 0 Å². The Morgan fingerprint density at radius 3 is 2.68 bits per heavy atom. The minimum Gasteiger partial charge on any atom is -0.353 e. The minimum atomic E-state index is -3.13. The van der Waals surface area contributed by atoms with Gasteiger partial charge in [-0.25, -0.2) is 8.42 Å². The van der Waals surface area contributed by atoms with Crippen molar-refractivity contribution in [3.8, 4) is 0 Å². The van der Waals surface area contributed by atoms with Gasteiger partial charge < -0.3 is 4.98 Å². The number of H-pyrrole nitrogens is 1. The molecule has 3 aromatic heterocycles. The fourth-order valence-electron chi connectivity index (χ4n) is 5.98. The third kappa shape index (κ3) is 5.01. The lowest BCUT2D eigenvalue weighted by atomic mass is 9.90. The number of para-hydroxylation sites is 1. The molecule has 0 spiro atoms. The topological polar surface area (TPSA) is 85.4 Å². The number of piperazine rings is 1. The summed E-state index contributed by atoms with van der Waals surface area (Å²) in [5.41, 5.74) is 5.83. The standard InChI is InChI=1S/C28H34N6O2S/c1-37(35,36)34-18-15-32(16-19-34)14-17-33(26-10-4-6-21-7-5-12-30-27(21)26)20-25-28-23(11-13-29-25)22-8-2-3-9-24(22)31-28/h2-3,5,7-9,11-13,26,31H,4,6,10,14-20H2,1H3. The van der Waals surface area contributed by atoms with Gasteiger partial charge in [0.25, 0.3) is 0 Å². The molecule has 9 heteroatoms. The van der Waals surface area contributed by atoms with Crippen molar-refractivity contribution in [3.05, 3.63) is 71.8 Å². The number of nitrogens with zero attached hydrogens (tertiary/aromatic N) is 5. The second kappa shape index (κ2) is 10.1. The van der Waals surface area contributed by atoms with Gasteiger partial charge in [-0.3, -0.25) is 19.8 Å². The van der Waals surface area contributed by atoms with Crippen LogP contribution >= 0.6 is 0 Å². The number of fused-ring (bicyclic) bond motifs is 4. The van der Waals surface area contributed by atoms with Gasteiger partial charge >= 0.3 is 0 Å². The predicted octanol–water partition coefficient (Wildman–Crippen LogP) is 3.57. The van der Waals surface area contributed by atoms with E-state index in [9.17, 15) is 8.42 Å². The van der Waals surface area contributed by atoms with E-state index in [1.807, 2.05) is 18.5 Å². The summed E-state index contributed by atoms with van der Waals surface area (Å²) in [5.74, 6) is 0. The smallest absolute Gasteiger partial charge is 0.211 e. The van der Waals surface area contributed by atoms with E-state index in [0.717, 1.165) is 68.7 Å². The van der Waals surface area contributed by atoms with E-state index < -0.39 is 10.0 Å². The number of aromatic nitrogens is 3. The maximum absolute atomic E-state index is 11.9. The van der Waals surface area contributed by atoms with Gasteiger partial charge in [0.05, 0.1) is 29.2 Å². The first-order valence-corrected chi connectivity index (χ1v) is 15.0. The molecular formula is C28H34N6O2S. The van der Waals surface area contributed by atoms with Gasteiger partial charge in [0.2, 0.25) is 10.0 Å². The number of nitrogens with one attached hydrogen (secondary N) is 1. The van der Waals surface area contributed by atoms with Crippen molar-refractivity contribution in [2.75, 3.05) is 45.5 Å².